The van der Waals surface area contributed by atoms with Crippen molar-refractivity contribution in [1.82, 2.24) is 15.1 Å². The molecule has 1 saturated heterocycles. The molecule has 0 aromatic heterocycles. The summed E-state index contributed by atoms with van der Waals surface area (Å²) in [6.45, 7) is 11.3. The van der Waals surface area contributed by atoms with Crippen LogP contribution in [0.25, 0.3) is 0 Å². The highest BCUT2D eigenvalue weighted by Crippen LogP contribution is 2.19. The van der Waals surface area contributed by atoms with Gasteiger partial charge in [-0.25, -0.2) is 0 Å². The number of likely N-dealkylation sites (tertiary alicyclic amines) is 1. The lowest BCUT2D eigenvalue weighted by Gasteiger charge is -2.28. The number of rotatable bonds is 9. The number of ether oxygens (including phenoxy) is 2. The Morgan fingerprint density at radius 1 is 1.21 bits per heavy atom. The highest BCUT2D eigenvalue weighted by atomic mass is 127. The molecule has 7 heteroatoms. The Balaban J connectivity index is 0.00000300. The van der Waals surface area contributed by atoms with Crippen LogP contribution < -0.4 is 5.32 Å². The molecule has 0 saturated carbocycles. The average molecular weight is 516 g/mol. The Hall–Kier alpha value is -0.900. The number of hydrogen-bond acceptors (Lipinski definition) is 4. The molecule has 6 nitrogen and oxygen atoms in total. The standard InChI is InChI=1S/C22H36N4O2.HI/c1-3-23-22(26-12-8-19(16-26)18-28-15-14-27-2)24-10-13-25-11-9-20-6-4-5-7-21(20)17-25;/h4-7,19H,3,8-18H2,1-2H3,(H,23,24);1H. The molecule has 1 aromatic rings. The maximum absolute atomic E-state index is 5.72. The molecule has 3 rings (SSSR count). The van der Waals surface area contributed by atoms with Crippen molar-refractivity contribution >= 4 is 29.9 Å². The van der Waals surface area contributed by atoms with Crippen LogP contribution in [0.15, 0.2) is 29.3 Å². The fraction of sp³-hybridized carbons (Fsp3) is 0.682. The van der Waals surface area contributed by atoms with Gasteiger partial charge in [0.15, 0.2) is 5.96 Å². The first-order chi connectivity index (χ1) is 13.8. The number of hydrogen-bond donors (Lipinski definition) is 1. The number of aliphatic imine (C=N–C) groups is 1. The van der Waals surface area contributed by atoms with Crippen LogP contribution in [0.3, 0.4) is 0 Å². The predicted molar refractivity (Wildman–Crippen MR) is 129 cm³/mol. The number of benzene rings is 1. The van der Waals surface area contributed by atoms with Crippen molar-refractivity contribution in [2.75, 3.05) is 66.2 Å². The largest absolute Gasteiger partial charge is 0.382 e. The second-order valence-electron chi connectivity index (χ2n) is 7.70. The van der Waals surface area contributed by atoms with Crippen molar-refractivity contribution in [1.29, 1.82) is 0 Å². The lowest BCUT2D eigenvalue weighted by molar-refractivity contribution is 0.0536. The minimum atomic E-state index is 0. The van der Waals surface area contributed by atoms with E-state index in [4.69, 9.17) is 14.5 Å². The van der Waals surface area contributed by atoms with E-state index >= 15 is 0 Å². The van der Waals surface area contributed by atoms with Gasteiger partial charge in [0.1, 0.15) is 0 Å². The zero-order valence-electron chi connectivity index (χ0n) is 17.9. The minimum Gasteiger partial charge on any atom is -0.382 e. The van der Waals surface area contributed by atoms with Gasteiger partial charge in [-0.1, -0.05) is 24.3 Å². The molecule has 0 amide bonds. The van der Waals surface area contributed by atoms with Crippen LogP contribution in [0.1, 0.15) is 24.5 Å². The molecule has 1 N–H and O–H groups in total. The summed E-state index contributed by atoms with van der Waals surface area (Å²) in [5, 5.41) is 3.47. The van der Waals surface area contributed by atoms with Crippen molar-refractivity contribution in [2.24, 2.45) is 10.9 Å². The summed E-state index contributed by atoms with van der Waals surface area (Å²) in [6.07, 6.45) is 2.32. The van der Waals surface area contributed by atoms with E-state index in [1.54, 1.807) is 7.11 Å². The molecule has 0 radical (unpaired) electrons. The van der Waals surface area contributed by atoms with Crippen molar-refractivity contribution in [2.45, 2.75) is 26.3 Å². The summed E-state index contributed by atoms with van der Waals surface area (Å²) in [5.41, 5.74) is 2.98. The third-order valence-corrected chi connectivity index (χ3v) is 5.59. The molecular formula is C22H37IN4O2. The summed E-state index contributed by atoms with van der Waals surface area (Å²) in [6, 6.07) is 8.81. The lowest BCUT2D eigenvalue weighted by atomic mass is 10.00. The van der Waals surface area contributed by atoms with Crippen molar-refractivity contribution < 1.29 is 9.47 Å². The Kier molecular flexibility index (Phi) is 11.3. The number of halogens is 1. The van der Waals surface area contributed by atoms with E-state index in [2.05, 4.69) is 46.3 Å². The average Bonchev–Trinajstić information content (AvgIpc) is 3.19. The Morgan fingerprint density at radius 3 is 2.83 bits per heavy atom. The second kappa shape index (κ2) is 13.4. The van der Waals surface area contributed by atoms with Gasteiger partial charge in [-0.3, -0.25) is 9.89 Å². The van der Waals surface area contributed by atoms with Gasteiger partial charge in [0.25, 0.3) is 0 Å². The lowest BCUT2D eigenvalue weighted by Crippen LogP contribution is -2.41. The Bertz CT molecular complexity index is 629. The SMILES string of the molecule is CCNC(=NCCN1CCc2ccccc2C1)N1CCC(COCCOC)C1.I. The van der Waals surface area contributed by atoms with Gasteiger partial charge < -0.3 is 19.7 Å². The van der Waals surface area contributed by atoms with Crippen molar-refractivity contribution in [3.8, 4) is 0 Å². The topological polar surface area (TPSA) is 49.3 Å². The number of nitrogens with one attached hydrogen (secondary N) is 1. The maximum Gasteiger partial charge on any atom is 0.193 e. The van der Waals surface area contributed by atoms with E-state index in [0.29, 0.717) is 19.1 Å². The van der Waals surface area contributed by atoms with Crippen LogP contribution in [0.5, 0.6) is 0 Å². The third-order valence-electron chi connectivity index (χ3n) is 5.59. The van der Waals surface area contributed by atoms with Crippen LogP contribution >= 0.6 is 24.0 Å². The zero-order valence-corrected chi connectivity index (χ0v) is 20.3. The van der Waals surface area contributed by atoms with E-state index < -0.39 is 0 Å². The van der Waals surface area contributed by atoms with Crippen LogP contribution in [0.4, 0.5) is 0 Å². The van der Waals surface area contributed by atoms with Gasteiger partial charge in [-0.2, -0.15) is 0 Å². The van der Waals surface area contributed by atoms with E-state index in [-0.39, 0.29) is 24.0 Å². The number of methoxy groups -OCH3 is 1. The summed E-state index contributed by atoms with van der Waals surface area (Å²) in [5.74, 6) is 1.64. The predicted octanol–water partition coefficient (Wildman–Crippen LogP) is 2.61. The van der Waals surface area contributed by atoms with Crippen molar-refractivity contribution in [3.05, 3.63) is 35.4 Å². The maximum atomic E-state index is 5.72. The smallest absolute Gasteiger partial charge is 0.193 e. The highest BCUT2D eigenvalue weighted by Gasteiger charge is 2.25. The van der Waals surface area contributed by atoms with Gasteiger partial charge in [-0.15, -0.1) is 24.0 Å². The summed E-state index contributed by atoms with van der Waals surface area (Å²) >= 11 is 0. The molecule has 1 aromatic carbocycles. The number of nitrogens with zero attached hydrogens (tertiary/aromatic N) is 3. The molecule has 29 heavy (non-hydrogen) atoms. The van der Waals surface area contributed by atoms with Gasteiger partial charge in [-0.05, 0) is 30.9 Å². The number of fused-ring (bicyclic) bond motifs is 1. The first-order valence-electron chi connectivity index (χ1n) is 10.7. The Labute approximate surface area is 193 Å². The summed E-state index contributed by atoms with van der Waals surface area (Å²) < 4.78 is 10.8. The molecule has 2 aliphatic rings. The number of guanidine groups is 1. The summed E-state index contributed by atoms with van der Waals surface area (Å²) in [4.78, 5) is 9.83. The molecule has 0 bridgehead atoms. The molecule has 1 atom stereocenters. The van der Waals surface area contributed by atoms with Crippen LogP contribution in [0.2, 0.25) is 0 Å². The molecular weight excluding hydrogens is 479 g/mol. The van der Waals surface area contributed by atoms with E-state index in [1.807, 2.05) is 0 Å². The molecule has 1 fully saturated rings. The molecule has 0 aliphatic carbocycles. The first kappa shape index (κ1) is 24.4. The van der Waals surface area contributed by atoms with Crippen LogP contribution in [-0.2, 0) is 22.4 Å². The van der Waals surface area contributed by atoms with Gasteiger partial charge in [0.05, 0.1) is 26.4 Å². The molecule has 2 heterocycles. The van der Waals surface area contributed by atoms with Crippen LogP contribution in [-0.4, -0.2) is 82.0 Å². The fourth-order valence-electron chi connectivity index (χ4n) is 4.02. The fourth-order valence-corrected chi connectivity index (χ4v) is 4.02. The van der Waals surface area contributed by atoms with Gasteiger partial charge >= 0.3 is 0 Å². The minimum absolute atomic E-state index is 0. The van der Waals surface area contributed by atoms with Gasteiger partial charge in [0, 0.05) is 52.3 Å². The quantitative estimate of drug-likeness (QED) is 0.237. The highest BCUT2D eigenvalue weighted by molar-refractivity contribution is 14.0. The molecule has 164 valence electrons. The molecule has 0 spiro atoms. The van der Waals surface area contributed by atoms with E-state index in [0.717, 1.165) is 64.8 Å². The Morgan fingerprint density at radius 2 is 2.03 bits per heavy atom. The molecule has 2 aliphatic heterocycles. The molecule has 1 unspecified atom stereocenters. The zero-order chi connectivity index (χ0) is 19.6. The monoisotopic (exact) mass is 516 g/mol. The van der Waals surface area contributed by atoms with E-state index in [9.17, 15) is 0 Å². The summed E-state index contributed by atoms with van der Waals surface area (Å²) in [7, 11) is 1.71. The normalized spacial score (nSPS) is 19.7. The van der Waals surface area contributed by atoms with Crippen LogP contribution in [0, 0.1) is 5.92 Å². The third kappa shape index (κ3) is 7.70. The first-order valence-corrected chi connectivity index (χ1v) is 10.7. The van der Waals surface area contributed by atoms with E-state index in [1.165, 1.54) is 17.5 Å². The van der Waals surface area contributed by atoms with Crippen molar-refractivity contribution in [3.63, 3.8) is 0 Å². The second-order valence-corrected chi connectivity index (χ2v) is 7.70. The van der Waals surface area contributed by atoms with Gasteiger partial charge in [0.2, 0.25) is 0 Å².